The van der Waals surface area contributed by atoms with Crippen LogP contribution in [0.15, 0.2) is 4.99 Å². The number of hydrogen-bond acceptors (Lipinski definition) is 2. The maximum atomic E-state index is 11.7. The molecule has 3 N–H and O–H groups in total. The summed E-state index contributed by atoms with van der Waals surface area (Å²) >= 11 is 0. The van der Waals surface area contributed by atoms with Gasteiger partial charge in [-0.3, -0.25) is 9.79 Å². The third kappa shape index (κ3) is 8.82. The lowest BCUT2D eigenvalue weighted by molar-refractivity contribution is -0.128. The highest BCUT2D eigenvalue weighted by molar-refractivity contribution is 5.81. The monoisotopic (exact) mass is 324 g/mol. The topological polar surface area (TPSA) is 65.5 Å². The van der Waals surface area contributed by atoms with Crippen LogP contribution < -0.4 is 16.0 Å². The summed E-state index contributed by atoms with van der Waals surface area (Å²) in [6, 6.07) is 0. The second kappa shape index (κ2) is 10.5. The number of carbonyl (C=O) groups is 1. The van der Waals surface area contributed by atoms with E-state index in [1.807, 2.05) is 20.8 Å². The highest BCUT2D eigenvalue weighted by Gasteiger charge is 2.20. The van der Waals surface area contributed by atoms with Gasteiger partial charge in [0, 0.05) is 32.1 Å². The first kappa shape index (κ1) is 19.8. The van der Waals surface area contributed by atoms with Crippen molar-refractivity contribution in [3.63, 3.8) is 0 Å². The number of nitrogens with zero attached hydrogens (tertiary/aromatic N) is 1. The van der Waals surface area contributed by atoms with E-state index in [4.69, 9.17) is 0 Å². The summed E-state index contributed by atoms with van der Waals surface area (Å²) < 4.78 is 0. The van der Waals surface area contributed by atoms with E-state index < -0.39 is 0 Å². The molecule has 23 heavy (non-hydrogen) atoms. The molecular weight excluding hydrogens is 288 g/mol. The number of unbranched alkanes of at least 4 members (excludes halogenated alkanes) is 1. The Bertz CT molecular complexity index is 368. The summed E-state index contributed by atoms with van der Waals surface area (Å²) in [5.41, 5.74) is -0.334. The maximum Gasteiger partial charge on any atom is 0.225 e. The average Bonchev–Trinajstić information content (AvgIpc) is 3.01. The Morgan fingerprint density at radius 1 is 1.00 bits per heavy atom. The summed E-state index contributed by atoms with van der Waals surface area (Å²) in [5.74, 6) is 1.88. The van der Waals surface area contributed by atoms with Gasteiger partial charge in [-0.2, -0.15) is 0 Å². The Kier molecular flexibility index (Phi) is 9.03. The van der Waals surface area contributed by atoms with E-state index in [1.165, 1.54) is 44.9 Å². The molecule has 5 nitrogen and oxygen atoms in total. The summed E-state index contributed by atoms with van der Waals surface area (Å²) in [4.78, 5) is 16.0. The third-order valence-electron chi connectivity index (χ3n) is 4.41. The van der Waals surface area contributed by atoms with Gasteiger partial charge in [0.15, 0.2) is 5.96 Å². The summed E-state index contributed by atoms with van der Waals surface area (Å²) in [6.45, 7) is 8.01. The molecule has 0 aromatic heterocycles. The quantitative estimate of drug-likeness (QED) is 0.365. The molecule has 0 spiro atoms. The standard InChI is InChI=1S/C18H36N4O/c1-18(2,3)16(23)20-13-14-22-17(19-4)21-12-8-7-11-15-9-5-6-10-15/h15H,5-14H2,1-4H3,(H,20,23)(H2,19,21,22). The SMILES string of the molecule is CN=C(NCCCCC1CCCC1)NCCNC(=O)C(C)(C)C. The number of amides is 1. The number of rotatable bonds is 8. The zero-order chi connectivity index (χ0) is 17.1. The van der Waals surface area contributed by atoms with Crippen molar-refractivity contribution in [2.24, 2.45) is 16.3 Å². The lowest BCUT2D eigenvalue weighted by Crippen LogP contribution is -2.43. The Balaban J connectivity index is 2.02. The van der Waals surface area contributed by atoms with Crippen LogP contribution in [-0.2, 0) is 4.79 Å². The molecule has 0 aromatic rings. The Labute approximate surface area is 142 Å². The van der Waals surface area contributed by atoms with Crippen molar-refractivity contribution in [2.75, 3.05) is 26.7 Å². The maximum absolute atomic E-state index is 11.7. The molecule has 0 aromatic carbocycles. The second-order valence-corrected chi connectivity index (χ2v) is 7.58. The number of hydrogen-bond donors (Lipinski definition) is 3. The van der Waals surface area contributed by atoms with E-state index in [9.17, 15) is 4.79 Å². The Hall–Kier alpha value is -1.26. The second-order valence-electron chi connectivity index (χ2n) is 7.58. The first-order chi connectivity index (χ1) is 10.9. The summed E-state index contributed by atoms with van der Waals surface area (Å²) in [5, 5.41) is 9.50. The first-order valence-corrected chi connectivity index (χ1v) is 9.16. The van der Waals surface area contributed by atoms with Crippen molar-refractivity contribution in [2.45, 2.75) is 65.7 Å². The molecular formula is C18H36N4O. The number of nitrogens with one attached hydrogen (secondary N) is 3. The van der Waals surface area contributed by atoms with Crippen LogP contribution in [0, 0.1) is 11.3 Å². The summed E-state index contributed by atoms with van der Waals surface area (Å²) in [6.07, 6.45) is 9.63. The predicted octanol–water partition coefficient (Wildman–Crippen LogP) is 2.67. The number of carbonyl (C=O) groups excluding carboxylic acids is 1. The van der Waals surface area contributed by atoms with Crippen molar-refractivity contribution in [1.29, 1.82) is 0 Å². The average molecular weight is 325 g/mol. The van der Waals surface area contributed by atoms with Crippen LogP contribution in [0.1, 0.15) is 65.7 Å². The molecule has 1 aliphatic carbocycles. The molecule has 1 amide bonds. The van der Waals surface area contributed by atoms with Crippen LogP contribution in [-0.4, -0.2) is 38.5 Å². The highest BCUT2D eigenvalue weighted by atomic mass is 16.2. The lowest BCUT2D eigenvalue weighted by Gasteiger charge is -2.18. The van der Waals surface area contributed by atoms with Gasteiger partial charge in [-0.15, -0.1) is 0 Å². The van der Waals surface area contributed by atoms with E-state index in [-0.39, 0.29) is 11.3 Å². The van der Waals surface area contributed by atoms with Gasteiger partial charge in [0.05, 0.1) is 0 Å². The Morgan fingerprint density at radius 3 is 2.22 bits per heavy atom. The van der Waals surface area contributed by atoms with Gasteiger partial charge >= 0.3 is 0 Å². The van der Waals surface area contributed by atoms with Gasteiger partial charge in [-0.25, -0.2) is 0 Å². The fraction of sp³-hybridized carbons (Fsp3) is 0.889. The minimum atomic E-state index is -0.334. The van der Waals surface area contributed by atoms with Crippen LogP contribution in [0.4, 0.5) is 0 Å². The molecule has 0 saturated heterocycles. The Morgan fingerprint density at radius 2 is 1.61 bits per heavy atom. The minimum absolute atomic E-state index is 0.0779. The van der Waals surface area contributed by atoms with Crippen LogP contribution in [0.3, 0.4) is 0 Å². The van der Waals surface area contributed by atoms with Gasteiger partial charge < -0.3 is 16.0 Å². The van der Waals surface area contributed by atoms with Gasteiger partial charge in [-0.1, -0.05) is 59.3 Å². The lowest BCUT2D eigenvalue weighted by atomic mass is 9.96. The van der Waals surface area contributed by atoms with Gasteiger partial charge in [-0.05, 0) is 12.3 Å². The third-order valence-corrected chi connectivity index (χ3v) is 4.41. The highest BCUT2D eigenvalue weighted by Crippen LogP contribution is 2.28. The largest absolute Gasteiger partial charge is 0.356 e. The van der Waals surface area contributed by atoms with Gasteiger partial charge in [0.1, 0.15) is 0 Å². The van der Waals surface area contributed by atoms with E-state index in [0.29, 0.717) is 13.1 Å². The number of aliphatic imine (C=N–C) groups is 1. The molecule has 0 radical (unpaired) electrons. The fourth-order valence-corrected chi connectivity index (χ4v) is 2.91. The van der Waals surface area contributed by atoms with Crippen LogP contribution >= 0.6 is 0 Å². The van der Waals surface area contributed by atoms with Crippen molar-refractivity contribution in [3.8, 4) is 0 Å². The molecule has 1 rings (SSSR count). The molecule has 0 heterocycles. The van der Waals surface area contributed by atoms with E-state index in [1.54, 1.807) is 7.05 Å². The molecule has 0 bridgehead atoms. The predicted molar refractivity (Wildman–Crippen MR) is 97.6 cm³/mol. The van der Waals surface area contributed by atoms with Crippen LogP contribution in [0.5, 0.6) is 0 Å². The zero-order valence-electron chi connectivity index (χ0n) is 15.5. The van der Waals surface area contributed by atoms with Crippen LogP contribution in [0.2, 0.25) is 0 Å². The summed E-state index contributed by atoms with van der Waals surface area (Å²) in [7, 11) is 1.78. The van der Waals surface area contributed by atoms with Crippen LogP contribution in [0.25, 0.3) is 0 Å². The molecule has 1 fully saturated rings. The first-order valence-electron chi connectivity index (χ1n) is 9.16. The van der Waals surface area contributed by atoms with Gasteiger partial charge in [0.25, 0.3) is 0 Å². The molecule has 1 saturated carbocycles. The fourth-order valence-electron chi connectivity index (χ4n) is 2.91. The molecule has 1 aliphatic rings. The smallest absolute Gasteiger partial charge is 0.225 e. The van der Waals surface area contributed by atoms with Crippen molar-refractivity contribution >= 4 is 11.9 Å². The molecule has 0 atom stereocenters. The van der Waals surface area contributed by atoms with Crippen molar-refractivity contribution < 1.29 is 4.79 Å². The van der Waals surface area contributed by atoms with E-state index in [0.717, 1.165) is 18.4 Å². The van der Waals surface area contributed by atoms with Crippen molar-refractivity contribution in [1.82, 2.24) is 16.0 Å². The molecule has 0 aliphatic heterocycles. The zero-order valence-corrected chi connectivity index (χ0v) is 15.5. The minimum Gasteiger partial charge on any atom is -0.356 e. The van der Waals surface area contributed by atoms with Gasteiger partial charge in [0.2, 0.25) is 5.91 Å². The molecule has 5 heteroatoms. The van der Waals surface area contributed by atoms with Crippen molar-refractivity contribution in [3.05, 3.63) is 0 Å². The molecule has 134 valence electrons. The van der Waals surface area contributed by atoms with E-state index in [2.05, 4.69) is 20.9 Å². The number of guanidine groups is 1. The molecule has 0 unspecified atom stereocenters. The normalized spacial score (nSPS) is 16.4. The van der Waals surface area contributed by atoms with E-state index >= 15 is 0 Å².